The van der Waals surface area contributed by atoms with Crippen LogP contribution in [0.4, 0.5) is 0 Å². The zero-order valence-corrected chi connectivity index (χ0v) is 12.2. The SMILES string of the molecule is CCCOC=C1C=c2[nH]cc(C(=O)O)c(=O)c2=CC1CC. The molecule has 1 unspecified atom stereocenters. The van der Waals surface area contributed by atoms with Crippen molar-refractivity contribution < 1.29 is 14.6 Å². The van der Waals surface area contributed by atoms with Crippen molar-refractivity contribution in [3.63, 3.8) is 0 Å². The van der Waals surface area contributed by atoms with Crippen molar-refractivity contribution in [1.29, 1.82) is 0 Å². The van der Waals surface area contributed by atoms with Crippen LogP contribution in [0.25, 0.3) is 12.2 Å². The maximum Gasteiger partial charge on any atom is 0.341 e. The van der Waals surface area contributed by atoms with E-state index in [1.165, 1.54) is 6.20 Å². The molecule has 0 aliphatic heterocycles. The summed E-state index contributed by atoms with van der Waals surface area (Å²) in [5.74, 6) is -1.16. The largest absolute Gasteiger partial charge is 0.501 e. The molecule has 0 fully saturated rings. The first-order valence-corrected chi connectivity index (χ1v) is 7.08. The Hall–Kier alpha value is -2.30. The second kappa shape index (κ2) is 6.43. The number of aromatic amines is 1. The number of pyridine rings is 1. The van der Waals surface area contributed by atoms with Crippen molar-refractivity contribution in [1.82, 2.24) is 4.98 Å². The van der Waals surface area contributed by atoms with E-state index < -0.39 is 11.4 Å². The van der Waals surface area contributed by atoms with E-state index in [1.54, 1.807) is 6.26 Å². The van der Waals surface area contributed by atoms with Crippen molar-refractivity contribution in [3.8, 4) is 0 Å². The quantitative estimate of drug-likeness (QED) is 0.625. The molecule has 0 spiro atoms. The van der Waals surface area contributed by atoms with E-state index in [0.29, 0.717) is 17.2 Å². The molecule has 1 aromatic rings. The Morgan fingerprint density at radius 1 is 1.48 bits per heavy atom. The van der Waals surface area contributed by atoms with Gasteiger partial charge in [-0.25, -0.2) is 4.79 Å². The molecule has 5 nitrogen and oxygen atoms in total. The van der Waals surface area contributed by atoms with Crippen LogP contribution in [0.2, 0.25) is 0 Å². The van der Waals surface area contributed by atoms with E-state index in [1.807, 2.05) is 26.0 Å². The Bertz CT molecular complexity index is 743. The second-order valence-corrected chi connectivity index (χ2v) is 4.98. The molecule has 0 saturated heterocycles. The third kappa shape index (κ3) is 3.07. The molecule has 0 bridgehead atoms. The van der Waals surface area contributed by atoms with Crippen LogP contribution in [0.5, 0.6) is 0 Å². The van der Waals surface area contributed by atoms with E-state index in [0.717, 1.165) is 18.4 Å². The summed E-state index contributed by atoms with van der Waals surface area (Å²) in [6.45, 7) is 4.70. The third-order valence-electron chi connectivity index (χ3n) is 3.47. The Labute approximate surface area is 122 Å². The molecule has 1 atom stereocenters. The number of rotatable bonds is 5. The Balaban J connectivity index is 2.56. The highest BCUT2D eigenvalue weighted by atomic mass is 16.5. The molecule has 2 rings (SSSR count). The summed E-state index contributed by atoms with van der Waals surface area (Å²) < 4.78 is 5.46. The zero-order valence-electron chi connectivity index (χ0n) is 12.2. The van der Waals surface area contributed by atoms with Gasteiger partial charge in [0.05, 0.1) is 12.9 Å². The van der Waals surface area contributed by atoms with Gasteiger partial charge >= 0.3 is 5.97 Å². The number of nitrogens with one attached hydrogen (secondary N) is 1. The predicted molar refractivity (Wildman–Crippen MR) is 80.3 cm³/mol. The smallest absolute Gasteiger partial charge is 0.341 e. The highest BCUT2D eigenvalue weighted by Crippen LogP contribution is 2.19. The number of allylic oxidation sites excluding steroid dienone is 1. The Kier molecular flexibility index (Phi) is 4.62. The number of hydrogen-bond acceptors (Lipinski definition) is 3. The highest BCUT2D eigenvalue weighted by molar-refractivity contribution is 5.87. The molecule has 0 aromatic carbocycles. The van der Waals surface area contributed by atoms with Crippen molar-refractivity contribution in [3.05, 3.63) is 44.4 Å². The summed E-state index contributed by atoms with van der Waals surface area (Å²) in [7, 11) is 0. The second-order valence-electron chi connectivity index (χ2n) is 4.98. The first kappa shape index (κ1) is 15.1. The van der Waals surface area contributed by atoms with Gasteiger partial charge in [0, 0.05) is 22.7 Å². The summed E-state index contributed by atoms with van der Waals surface area (Å²) in [6.07, 6.45) is 8.38. The topological polar surface area (TPSA) is 79.4 Å². The molecule has 0 amide bonds. The molecular formula is C16H19NO4. The number of hydrogen-bond donors (Lipinski definition) is 2. The number of H-pyrrole nitrogens is 1. The van der Waals surface area contributed by atoms with Crippen molar-refractivity contribution >= 4 is 18.1 Å². The highest BCUT2D eigenvalue weighted by Gasteiger charge is 2.16. The maximum absolute atomic E-state index is 12.2. The van der Waals surface area contributed by atoms with E-state index >= 15 is 0 Å². The van der Waals surface area contributed by atoms with Gasteiger partial charge in [-0.1, -0.05) is 19.9 Å². The van der Waals surface area contributed by atoms with E-state index in [-0.39, 0.29) is 11.5 Å². The molecule has 21 heavy (non-hydrogen) atoms. The van der Waals surface area contributed by atoms with Crippen molar-refractivity contribution in [2.75, 3.05) is 6.61 Å². The number of aromatic carboxylic acids is 1. The summed E-state index contributed by atoms with van der Waals surface area (Å²) in [5.41, 5.74) is 0.305. The number of aromatic nitrogens is 1. The van der Waals surface area contributed by atoms with E-state index in [2.05, 4.69) is 4.98 Å². The Morgan fingerprint density at radius 2 is 2.24 bits per heavy atom. The molecule has 2 N–H and O–H groups in total. The molecule has 1 aliphatic carbocycles. The van der Waals surface area contributed by atoms with Gasteiger partial charge in [-0.05, 0) is 24.5 Å². The molecule has 1 aromatic heterocycles. The van der Waals surface area contributed by atoms with Crippen LogP contribution in [-0.2, 0) is 4.74 Å². The maximum atomic E-state index is 12.2. The molecule has 112 valence electrons. The van der Waals surface area contributed by atoms with Gasteiger partial charge in [-0.15, -0.1) is 0 Å². The minimum absolute atomic E-state index is 0.0551. The molecule has 5 heteroatoms. The summed E-state index contributed by atoms with van der Waals surface area (Å²) in [5, 5.41) is 10.1. The summed E-state index contributed by atoms with van der Waals surface area (Å²) in [4.78, 5) is 26.1. The first-order chi connectivity index (χ1) is 10.1. The van der Waals surface area contributed by atoms with Crippen LogP contribution in [-0.4, -0.2) is 22.7 Å². The molecule has 1 heterocycles. The first-order valence-electron chi connectivity index (χ1n) is 7.08. The van der Waals surface area contributed by atoms with Crippen LogP contribution in [0.1, 0.15) is 37.0 Å². The van der Waals surface area contributed by atoms with Crippen LogP contribution in [0, 0.1) is 5.92 Å². The monoisotopic (exact) mass is 289 g/mol. The van der Waals surface area contributed by atoms with Gasteiger partial charge in [0.15, 0.2) is 0 Å². The molecule has 0 radical (unpaired) electrons. The summed E-state index contributed by atoms with van der Waals surface area (Å²) in [6, 6.07) is 0. The number of carbonyl (C=O) groups is 1. The summed E-state index contributed by atoms with van der Waals surface area (Å²) >= 11 is 0. The lowest BCUT2D eigenvalue weighted by Crippen LogP contribution is -2.46. The van der Waals surface area contributed by atoms with Gasteiger partial charge in [0.1, 0.15) is 5.56 Å². The normalized spacial score (nSPS) is 18.6. The fraction of sp³-hybridized carbons (Fsp3) is 0.375. The van der Waals surface area contributed by atoms with E-state index in [4.69, 9.17) is 9.84 Å². The van der Waals surface area contributed by atoms with Crippen molar-refractivity contribution in [2.45, 2.75) is 26.7 Å². The molecular weight excluding hydrogens is 270 g/mol. The minimum Gasteiger partial charge on any atom is -0.501 e. The number of carboxylic acid groups (broad SMARTS) is 1. The number of ether oxygens (including phenoxy) is 1. The van der Waals surface area contributed by atoms with Crippen LogP contribution in [0.3, 0.4) is 0 Å². The van der Waals surface area contributed by atoms with Gasteiger partial charge in [-0.2, -0.15) is 0 Å². The van der Waals surface area contributed by atoms with E-state index in [9.17, 15) is 9.59 Å². The lowest BCUT2D eigenvalue weighted by atomic mass is 9.92. The lowest BCUT2D eigenvalue weighted by Gasteiger charge is -2.15. The Morgan fingerprint density at radius 3 is 2.86 bits per heavy atom. The van der Waals surface area contributed by atoms with Crippen LogP contribution in [0.15, 0.2) is 22.8 Å². The fourth-order valence-electron chi connectivity index (χ4n) is 2.32. The van der Waals surface area contributed by atoms with Gasteiger partial charge in [0.25, 0.3) is 0 Å². The lowest BCUT2D eigenvalue weighted by molar-refractivity contribution is 0.0695. The van der Waals surface area contributed by atoms with Gasteiger partial charge in [-0.3, -0.25) is 4.79 Å². The average Bonchev–Trinajstić information content (AvgIpc) is 2.47. The standard InChI is InChI=1S/C16H19NO4/c1-3-5-21-9-11-7-14-12(6-10(11)4-2)15(18)13(8-17-14)16(19)20/h6-10,17H,3-5H2,1-2H3,(H,19,20). The zero-order chi connectivity index (χ0) is 15.4. The average molecular weight is 289 g/mol. The number of fused-ring (bicyclic) bond motifs is 1. The van der Waals surface area contributed by atoms with Gasteiger partial charge < -0.3 is 14.8 Å². The number of carboxylic acids is 1. The molecule has 0 saturated carbocycles. The third-order valence-corrected chi connectivity index (χ3v) is 3.47. The van der Waals surface area contributed by atoms with Crippen LogP contribution < -0.4 is 16.0 Å². The predicted octanol–water partition coefficient (Wildman–Crippen LogP) is 0.984. The van der Waals surface area contributed by atoms with Crippen LogP contribution >= 0.6 is 0 Å². The van der Waals surface area contributed by atoms with Gasteiger partial charge in [0.2, 0.25) is 5.43 Å². The van der Waals surface area contributed by atoms with Crippen molar-refractivity contribution in [2.24, 2.45) is 5.92 Å². The molecule has 1 aliphatic rings. The fourth-order valence-corrected chi connectivity index (χ4v) is 2.32. The minimum atomic E-state index is -1.21.